The van der Waals surface area contributed by atoms with E-state index in [1.165, 1.54) is 12.0 Å². The Kier molecular flexibility index (Phi) is 7.87. The van der Waals surface area contributed by atoms with E-state index in [-0.39, 0.29) is 37.5 Å². The van der Waals surface area contributed by atoms with Gasteiger partial charge in [-0.05, 0) is 38.7 Å². The number of likely N-dealkylation sites (tertiary alicyclic amines) is 1. The van der Waals surface area contributed by atoms with Crippen LogP contribution in [0.5, 0.6) is 0 Å². The number of nitrogens with zero attached hydrogens (tertiary/aromatic N) is 1. The van der Waals surface area contributed by atoms with Gasteiger partial charge in [0.2, 0.25) is 0 Å². The minimum atomic E-state index is -0.627. The van der Waals surface area contributed by atoms with Gasteiger partial charge in [-0.25, -0.2) is 9.59 Å². The van der Waals surface area contributed by atoms with Crippen LogP contribution in [0.15, 0.2) is 30.3 Å². The molecule has 1 N–H and O–H groups in total. The van der Waals surface area contributed by atoms with Crippen molar-refractivity contribution in [3.05, 3.63) is 35.9 Å². The van der Waals surface area contributed by atoms with Gasteiger partial charge in [0, 0.05) is 13.1 Å². The maximum atomic E-state index is 12.6. The number of amides is 2. The SMILES string of the molecule is COC(=O)C[C@H]1C[C@@H](NC(=O)OC(C)(C)C)CN(C(=O)OCc2ccccc2)C1. The third-order valence-electron chi connectivity index (χ3n) is 4.40. The van der Waals surface area contributed by atoms with E-state index in [0.29, 0.717) is 13.0 Å². The van der Waals surface area contributed by atoms with Crippen LogP contribution in [-0.2, 0) is 25.6 Å². The molecule has 8 heteroatoms. The van der Waals surface area contributed by atoms with E-state index in [4.69, 9.17) is 14.2 Å². The molecule has 2 atom stereocenters. The number of nitrogens with one attached hydrogen (secondary N) is 1. The lowest BCUT2D eigenvalue weighted by Crippen LogP contribution is -2.53. The van der Waals surface area contributed by atoms with E-state index >= 15 is 0 Å². The molecular formula is C21H30N2O6. The first kappa shape index (κ1) is 22.5. The highest BCUT2D eigenvalue weighted by Crippen LogP contribution is 2.22. The van der Waals surface area contributed by atoms with Crippen molar-refractivity contribution in [3.8, 4) is 0 Å². The zero-order valence-corrected chi connectivity index (χ0v) is 17.5. The molecular weight excluding hydrogens is 376 g/mol. The predicted octanol–water partition coefficient (Wildman–Crippen LogP) is 3.10. The van der Waals surface area contributed by atoms with E-state index < -0.39 is 17.8 Å². The molecule has 1 aliphatic heterocycles. The summed E-state index contributed by atoms with van der Waals surface area (Å²) in [5, 5.41) is 2.79. The second-order valence-corrected chi connectivity index (χ2v) is 8.17. The first-order valence-electron chi connectivity index (χ1n) is 9.68. The highest BCUT2D eigenvalue weighted by atomic mass is 16.6. The zero-order valence-electron chi connectivity index (χ0n) is 17.5. The van der Waals surface area contributed by atoms with Crippen molar-refractivity contribution < 1.29 is 28.6 Å². The fourth-order valence-corrected chi connectivity index (χ4v) is 3.21. The number of esters is 1. The summed E-state index contributed by atoms with van der Waals surface area (Å²) in [6, 6.07) is 9.03. The molecule has 1 aliphatic rings. The predicted molar refractivity (Wildman–Crippen MR) is 106 cm³/mol. The van der Waals surface area contributed by atoms with Gasteiger partial charge in [-0.3, -0.25) is 4.79 Å². The van der Waals surface area contributed by atoms with Gasteiger partial charge in [0.1, 0.15) is 12.2 Å². The van der Waals surface area contributed by atoms with Crippen molar-refractivity contribution in [1.29, 1.82) is 0 Å². The van der Waals surface area contributed by atoms with Gasteiger partial charge in [0.25, 0.3) is 0 Å². The Morgan fingerprint density at radius 3 is 2.45 bits per heavy atom. The molecule has 0 bridgehead atoms. The lowest BCUT2D eigenvalue weighted by molar-refractivity contribution is -0.142. The van der Waals surface area contributed by atoms with Gasteiger partial charge in [-0.1, -0.05) is 30.3 Å². The Balaban J connectivity index is 1.99. The molecule has 0 aromatic heterocycles. The maximum Gasteiger partial charge on any atom is 0.410 e. The van der Waals surface area contributed by atoms with Crippen LogP contribution in [0.4, 0.5) is 9.59 Å². The molecule has 1 aromatic carbocycles. The van der Waals surface area contributed by atoms with E-state index in [0.717, 1.165) is 5.56 Å². The summed E-state index contributed by atoms with van der Waals surface area (Å²) >= 11 is 0. The van der Waals surface area contributed by atoms with Crippen LogP contribution in [-0.4, -0.2) is 54.9 Å². The highest BCUT2D eigenvalue weighted by Gasteiger charge is 2.33. The Morgan fingerprint density at radius 2 is 1.83 bits per heavy atom. The minimum absolute atomic E-state index is 0.152. The van der Waals surface area contributed by atoms with Crippen LogP contribution >= 0.6 is 0 Å². The van der Waals surface area contributed by atoms with Crippen LogP contribution in [0.25, 0.3) is 0 Å². The lowest BCUT2D eigenvalue weighted by Gasteiger charge is -2.37. The molecule has 2 amide bonds. The number of hydrogen-bond donors (Lipinski definition) is 1. The van der Waals surface area contributed by atoms with E-state index in [1.807, 2.05) is 30.3 Å². The molecule has 1 saturated heterocycles. The van der Waals surface area contributed by atoms with E-state index in [1.54, 1.807) is 20.8 Å². The second-order valence-electron chi connectivity index (χ2n) is 8.17. The summed E-state index contributed by atoms with van der Waals surface area (Å²) in [4.78, 5) is 37.9. The van der Waals surface area contributed by atoms with Gasteiger partial charge >= 0.3 is 18.2 Å². The summed E-state index contributed by atoms with van der Waals surface area (Å²) in [7, 11) is 1.33. The molecule has 160 valence electrons. The molecule has 1 aromatic rings. The largest absolute Gasteiger partial charge is 0.469 e. The van der Waals surface area contributed by atoms with Crippen molar-refractivity contribution >= 4 is 18.2 Å². The number of carbonyl (C=O) groups excluding carboxylic acids is 3. The van der Waals surface area contributed by atoms with Gasteiger partial charge in [0.15, 0.2) is 0 Å². The zero-order chi connectivity index (χ0) is 21.4. The number of hydrogen-bond acceptors (Lipinski definition) is 6. The first-order valence-corrected chi connectivity index (χ1v) is 9.68. The molecule has 0 spiro atoms. The standard InChI is InChI=1S/C21H30N2O6/c1-21(2,3)29-19(25)22-17-10-16(11-18(24)27-4)12-23(13-17)20(26)28-14-15-8-6-5-7-9-15/h5-9,16-17H,10-14H2,1-4H3,(H,22,25)/t16-,17-/m1/s1. The number of methoxy groups -OCH3 is 1. The summed E-state index contributed by atoms with van der Waals surface area (Å²) in [5.74, 6) is -0.508. The normalized spacial score (nSPS) is 19.2. The molecule has 2 rings (SSSR count). The summed E-state index contributed by atoms with van der Waals surface area (Å²) in [6.07, 6.45) is -0.347. The Hall–Kier alpha value is -2.77. The Labute approximate surface area is 171 Å². The van der Waals surface area contributed by atoms with Gasteiger partial charge in [0.05, 0.1) is 19.6 Å². The smallest absolute Gasteiger partial charge is 0.410 e. The average Bonchev–Trinajstić information content (AvgIpc) is 2.65. The third-order valence-corrected chi connectivity index (χ3v) is 4.40. The number of rotatable bonds is 5. The summed E-state index contributed by atoms with van der Waals surface area (Å²) < 4.78 is 15.5. The van der Waals surface area contributed by atoms with Crippen LogP contribution in [0.1, 0.15) is 39.2 Å². The molecule has 0 radical (unpaired) electrons. The van der Waals surface area contributed by atoms with E-state index in [9.17, 15) is 14.4 Å². The Morgan fingerprint density at radius 1 is 1.14 bits per heavy atom. The number of carbonyl (C=O) groups is 3. The highest BCUT2D eigenvalue weighted by molar-refractivity contribution is 5.71. The van der Waals surface area contributed by atoms with Crippen molar-refractivity contribution in [2.24, 2.45) is 5.92 Å². The summed E-state index contributed by atoms with van der Waals surface area (Å²) in [6.45, 7) is 6.13. The monoisotopic (exact) mass is 406 g/mol. The molecule has 1 heterocycles. The molecule has 0 aliphatic carbocycles. The Bertz CT molecular complexity index is 701. The van der Waals surface area contributed by atoms with E-state index in [2.05, 4.69) is 5.32 Å². The number of piperidine rings is 1. The lowest BCUT2D eigenvalue weighted by atomic mass is 9.91. The maximum absolute atomic E-state index is 12.6. The van der Waals surface area contributed by atoms with Gasteiger partial charge in [-0.2, -0.15) is 0 Å². The number of ether oxygens (including phenoxy) is 3. The fourth-order valence-electron chi connectivity index (χ4n) is 3.21. The average molecular weight is 406 g/mol. The second kappa shape index (κ2) is 10.1. The van der Waals surface area contributed by atoms with Crippen LogP contribution in [0.3, 0.4) is 0 Å². The minimum Gasteiger partial charge on any atom is -0.469 e. The molecule has 0 saturated carbocycles. The first-order chi connectivity index (χ1) is 13.7. The number of alkyl carbamates (subject to hydrolysis) is 1. The molecule has 1 fully saturated rings. The van der Waals surface area contributed by atoms with Crippen molar-refractivity contribution in [2.75, 3.05) is 20.2 Å². The number of benzene rings is 1. The van der Waals surface area contributed by atoms with Crippen LogP contribution in [0, 0.1) is 5.92 Å². The van der Waals surface area contributed by atoms with Crippen LogP contribution in [0.2, 0.25) is 0 Å². The molecule has 8 nitrogen and oxygen atoms in total. The van der Waals surface area contributed by atoms with Gasteiger partial charge < -0.3 is 24.4 Å². The van der Waals surface area contributed by atoms with Crippen LogP contribution < -0.4 is 5.32 Å². The van der Waals surface area contributed by atoms with Crippen molar-refractivity contribution in [3.63, 3.8) is 0 Å². The molecule has 0 unspecified atom stereocenters. The third kappa shape index (κ3) is 8.01. The quantitative estimate of drug-likeness (QED) is 0.596. The van der Waals surface area contributed by atoms with Gasteiger partial charge in [-0.15, -0.1) is 0 Å². The molecule has 29 heavy (non-hydrogen) atoms. The summed E-state index contributed by atoms with van der Waals surface area (Å²) in [5.41, 5.74) is 0.255. The van der Waals surface area contributed by atoms with Crippen molar-refractivity contribution in [1.82, 2.24) is 10.2 Å². The van der Waals surface area contributed by atoms with Crippen molar-refractivity contribution in [2.45, 2.75) is 51.9 Å². The fraction of sp³-hybridized carbons (Fsp3) is 0.571. The topological polar surface area (TPSA) is 94.2 Å².